The van der Waals surface area contributed by atoms with Crippen molar-refractivity contribution < 1.29 is 43.0 Å². The van der Waals surface area contributed by atoms with Crippen molar-refractivity contribution in [3.63, 3.8) is 0 Å². The van der Waals surface area contributed by atoms with E-state index in [9.17, 15) is 19.3 Å². The average molecular weight is 603 g/mol. The van der Waals surface area contributed by atoms with Crippen LogP contribution in [0.3, 0.4) is 0 Å². The first-order chi connectivity index (χ1) is 19.7. The van der Waals surface area contributed by atoms with Gasteiger partial charge < -0.3 is 24.4 Å². The maximum Gasteiger partial charge on any atom is 0.469 e. The molecule has 1 unspecified atom stereocenters. The molecule has 2 atom stereocenters. The molecule has 0 saturated heterocycles. The first-order valence-electron chi connectivity index (χ1n) is 15.4. The Labute approximate surface area is 247 Å². The maximum atomic E-state index is 12.2. The predicted molar refractivity (Wildman–Crippen MR) is 162 cm³/mol. The standard InChI is InChI=1S/C31H55O9P/c1-3-5-7-8-12-16-20-24-30(33)38-26-29(27-39-41(35,36)37)40-31(34)25-21-17-14-11-9-10-13-15-19-23-28(32)22-18-6-4-2/h6,13,15,18-19,23,28-29,32H,3-5,7-12,14,16-17,20-22,24-27H2,1-2H3,(H2,35,36,37)/b15-13+,18-6+,23-19+/t28?,29-/m1/s1. The molecule has 0 heterocycles. The number of aliphatic hydroxyl groups excluding tert-OH is 1. The van der Waals surface area contributed by atoms with Crippen LogP contribution in [0.15, 0.2) is 36.5 Å². The van der Waals surface area contributed by atoms with E-state index in [0.29, 0.717) is 19.3 Å². The van der Waals surface area contributed by atoms with E-state index < -0.39 is 38.6 Å². The summed E-state index contributed by atoms with van der Waals surface area (Å²) >= 11 is 0. The number of phosphoric acid groups is 1. The number of carbonyl (C=O) groups excluding carboxylic acids is 2. The van der Waals surface area contributed by atoms with Crippen molar-refractivity contribution in [2.45, 2.75) is 135 Å². The molecule has 0 bridgehead atoms. The lowest BCUT2D eigenvalue weighted by molar-refractivity contribution is -0.161. The number of unbranched alkanes of at least 4 members (excludes halogenated alkanes) is 11. The molecule has 10 heteroatoms. The first-order valence-corrected chi connectivity index (χ1v) is 16.9. The van der Waals surface area contributed by atoms with Crippen LogP contribution in [0.4, 0.5) is 0 Å². The fourth-order valence-corrected chi connectivity index (χ4v) is 4.30. The number of aliphatic hydroxyl groups is 1. The molecule has 0 aliphatic carbocycles. The normalized spacial score (nSPS) is 13.8. The quantitative estimate of drug-likeness (QED) is 0.0291. The molecule has 0 aromatic carbocycles. The van der Waals surface area contributed by atoms with Crippen LogP contribution in [0.2, 0.25) is 0 Å². The topological polar surface area (TPSA) is 140 Å². The molecule has 238 valence electrons. The summed E-state index contributed by atoms with van der Waals surface area (Å²) in [6, 6.07) is 0. The Morgan fingerprint density at radius 3 is 2.00 bits per heavy atom. The summed E-state index contributed by atoms with van der Waals surface area (Å²) in [5.41, 5.74) is 0. The zero-order chi connectivity index (χ0) is 30.6. The van der Waals surface area contributed by atoms with E-state index in [0.717, 1.165) is 57.8 Å². The number of hydrogen-bond donors (Lipinski definition) is 3. The molecule has 0 saturated carbocycles. The Morgan fingerprint density at radius 1 is 0.756 bits per heavy atom. The van der Waals surface area contributed by atoms with Gasteiger partial charge in [0, 0.05) is 12.8 Å². The van der Waals surface area contributed by atoms with Gasteiger partial charge in [-0.05, 0) is 38.5 Å². The highest BCUT2D eigenvalue weighted by atomic mass is 31.2. The number of esters is 2. The minimum atomic E-state index is -4.75. The molecule has 0 aromatic rings. The van der Waals surface area contributed by atoms with Crippen molar-refractivity contribution in [2.75, 3.05) is 13.2 Å². The second kappa shape index (κ2) is 27.1. The molecular weight excluding hydrogens is 547 g/mol. The summed E-state index contributed by atoms with van der Waals surface area (Å²) in [6.45, 7) is 3.36. The summed E-state index contributed by atoms with van der Waals surface area (Å²) in [4.78, 5) is 42.2. The monoisotopic (exact) mass is 602 g/mol. The molecule has 0 fully saturated rings. The zero-order valence-electron chi connectivity index (χ0n) is 25.3. The lowest BCUT2D eigenvalue weighted by Crippen LogP contribution is -2.29. The number of carbonyl (C=O) groups is 2. The molecule has 9 nitrogen and oxygen atoms in total. The predicted octanol–water partition coefficient (Wildman–Crippen LogP) is 7.25. The van der Waals surface area contributed by atoms with Gasteiger partial charge in [-0.25, -0.2) is 4.57 Å². The molecule has 0 aliphatic rings. The molecule has 0 aliphatic heterocycles. The van der Waals surface area contributed by atoms with Crippen molar-refractivity contribution in [3.8, 4) is 0 Å². The van der Waals surface area contributed by atoms with Crippen LogP contribution >= 0.6 is 7.82 Å². The highest BCUT2D eigenvalue weighted by Gasteiger charge is 2.22. The van der Waals surface area contributed by atoms with Gasteiger partial charge in [-0.15, -0.1) is 0 Å². The molecule has 0 amide bonds. The number of phosphoric ester groups is 1. The summed E-state index contributed by atoms with van der Waals surface area (Å²) in [5, 5.41) is 9.79. The van der Waals surface area contributed by atoms with Gasteiger partial charge in [0.2, 0.25) is 0 Å². The SMILES string of the molecule is CC/C=C/CC(O)/C=C/C=C/CCCCCCCC(=O)O[C@H](COC(=O)CCCCCCCCC)COP(=O)(O)O. The van der Waals surface area contributed by atoms with Crippen molar-refractivity contribution >= 4 is 19.8 Å². The minimum absolute atomic E-state index is 0.166. The minimum Gasteiger partial charge on any atom is -0.462 e. The second-order valence-corrected chi connectivity index (χ2v) is 11.5. The van der Waals surface area contributed by atoms with E-state index in [1.54, 1.807) is 6.08 Å². The molecule has 3 N–H and O–H groups in total. The van der Waals surface area contributed by atoms with E-state index in [1.807, 2.05) is 24.3 Å². The van der Waals surface area contributed by atoms with Gasteiger partial charge in [0.15, 0.2) is 6.10 Å². The van der Waals surface area contributed by atoms with Gasteiger partial charge in [-0.2, -0.15) is 0 Å². The van der Waals surface area contributed by atoms with Crippen LogP contribution in [-0.4, -0.2) is 52.3 Å². The smallest absolute Gasteiger partial charge is 0.462 e. The summed E-state index contributed by atoms with van der Waals surface area (Å²) in [7, 11) is -4.75. The Morgan fingerprint density at radius 2 is 1.37 bits per heavy atom. The lowest BCUT2D eigenvalue weighted by Gasteiger charge is -2.18. The fourth-order valence-electron chi connectivity index (χ4n) is 3.94. The van der Waals surface area contributed by atoms with E-state index >= 15 is 0 Å². The van der Waals surface area contributed by atoms with E-state index in [1.165, 1.54) is 19.3 Å². The third-order valence-electron chi connectivity index (χ3n) is 6.25. The van der Waals surface area contributed by atoms with Crippen LogP contribution in [0.5, 0.6) is 0 Å². The van der Waals surface area contributed by atoms with E-state index in [-0.39, 0.29) is 19.4 Å². The summed E-state index contributed by atoms with van der Waals surface area (Å²) in [6.07, 6.45) is 25.1. The van der Waals surface area contributed by atoms with Gasteiger partial charge in [-0.3, -0.25) is 14.1 Å². The van der Waals surface area contributed by atoms with Crippen LogP contribution in [0.25, 0.3) is 0 Å². The van der Waals surface area contributed by atoms with Gasteiger partial charge >= 0.3 is 19.8 Å². The van der Waals surface area contributed by atoms with Crippen LogP contribution < -0.4 is 0 Å². The molecular formula is C31H55O9P. The van der Waals surface area contributed by atoms with Gasteiger partial charge in [-0.1, -0.05) is 108 Å². The first kappa shape index (κ1) is 39.2. The Hall–Kier alpha value is -1.77. The number of hydrogen-bond acceptors (Lipinski definition) is 7. The lowest BCUT2D eigenvalue weighted by atomic mass is 10.1. The summed E-state index contributed by atoms with van der Waals surface area (Å²) in [5.74, 6) is -0.950. The Kier molecular flexibility index (Phi) is 25.9. The number of ether oxygens (including phenoxy) is 2. The van der Waals surface area contributed by atoms with Gasteiger partial charge in [0.05, 0.1) is 12.7 Å². The van der Waals surface area contributed by atoms with E-state index in [4.69, 9.17) is 19.3 Å². The van der Waals surface area contributed by atoms with Crippen LogP contribution in [0.1, 0.15) is 123 Å². The molecule has 0 radical (unpaired) electrons. The third-order valence-corrected chi connectivity index (χ3v) is 6.74. The van der Waals surface area contributed by atoms with Crippen LogP contribution in [0, 0.1) is 0 Å². The molecule has 0 aromatic heterocycles. The fraction of sp³-hybridized carbons (Fsp3) is 0.742. The largest absolute Gasteiger partial charge is 0.469 e. The second-order valence-electron chi connectivity index (χ2n) is 10.3. The molecule has 0 rings (SSSR count). The molecule has 0 spiro atoms. The number of rotatable bonds is 27. The highest BCUT2D eigenvalue weighted by molar-refractivity contribution is 7.46. The molecule has 41 heavy (non-hydrogen) atoms. The summed E-state index contributed by atoms with van der Waals surface area (Å²) < 4.78 is 26.0. The van der Waals surface area contributed by atoms with Crippen LogP contribution in [-0.2, 0) is 28.2 Å². The Balaban J connectivity index is 4.12. The third kappa shape index (κ3) is 29.5. The van der Waals surface area contributed by atoms with Gasteiger partial charge in [0.25, 0.3) is 0 Å². The zero-order valence-corrected chi connectivity index (χ0v) is 26.2. The number of allylic oxidation sites excluding steroid dienone is 4. The van der Waals surface area contributed by atoms with Crippen molar-refractivity contribution in [2.24, 2.45) is 0 Å². The van der Waals surface area contributed by atoms with Crippen molar-refractivity contribution in [1.29, 1.82) is 0 Å². The van der Waals surface area contributed by atoms with E-state index in [2.05, 4.69) is 24.4 Å². The average Bonchev–Trinajstić information content (AvgIpc) is 2.92. The van der Waals surface area contributed by atoms with Crippen molar-refractivity contribution in [3.05, 3.63) is 36.5 Å². The Bertz CT molecular complexity index is 788. The van der Waals surface area contributed by atoms with Crippen molar-refractivity contribution in [1.82, 2.24) is 0 Å². The van der Waals surface area contributed by atoms with Gasteiger partial charge in [0.1, 0.15) is 6.61 Å². The maximum absolute atomic E-state index is 12.2. The highest BCUT2D eigenvalue weighted by Crippen LogP contribution is 2.35.